The van der Waals surface area contributed by atoms with E-state index in [1.54, 1.807) is 48.7 Å². The number of nitrogens with one attached hydrogen (secondary N) is 1. The van der Waals surface area contributed by atoms with E-state index >= 15 is 0 Å². The molecule has 4 aromatic rings. The maximum Gasteiger partial charge on any atom is 0.248 e. The molecule has 6 heteroatoms. The Morgan fingerprint density at radius 1 is 1.03 bits per heavy atom. The van der Waals surface area contributed by atoms with Gasteiger partial charge in [0.15, 0.2) is 5.78 Å². The van der Waals surface area contributed by atoms with Crippen LogP contribution in [0.25, 0.3) is 27.7 Å². The van der Waals surface area contributed by atoms with Crippen LogP contribution in [0, 0.1) is 5.82 Å². The molecule has 4 rings (SSSR count). The molecule has 0 atom stereocenters. The second kappa shape index (κ2) is 9.75. The average molecular weight is 458 g/mol. The molecule has 0 saturated heterocycles. The van der Waals surface area contributed by atoms with Gasteiger partial charge >= 0.3 is 0 Å². The van der Waals surface area contributed by atoms with Crippen LogP contribution in [-0.2, 0) is 4.79 Å². The summed E-state index contributed by atoms with van der Waals surface area (Å²) in [5.74, 6) is -0.0488. The molecule has 0 aliphatic rings. The number of amides is 1. The number of benzene rings is 3. The van der Waals surface area contributed by atoms with Gasteiger partial charge < -0.3 is 14.5 Å². The highest BCUT2D eigenvalue weighted by Gasteiger charge is 2.15. The van der Waals surface area contributed by atoms with Gasteiger partial charge in [-0.3, -0.25) is 9.59 Å². The van der Waals surface area contributed by atoms with Crippen molar-refractivity contribution in [3.63, 3.8) is 0 Å². The summed E-state index contributed by atoms with van der Waals surface area (Å²) in [4.78, 5) is 24.1. The molecule has 1 aromatic heterocycles. The van der Waals surface area contributed by atoms with E-state index < -0.39 is 0 Å². The number of ether oxygens (including phenoxy) is 1. The van der Waals surface area contributed by atoms with E-state index in [1.807, 2.05) is 19.9 Å². The van der Waals surface area contributed by atoms with Crippen molar-refractivity contribution in [2.75, 3.05) is 11.9 Å². The van der Waals surface area contributed by atoms with Crippen molar-refractivity contribution in [2.45, 2.75) is 20.8 Å². The topological polar surface area (TPSA) is 68.5 Å². The SMILES string of the molecule is CCOc1cc2occ(-c3ccc(F)cc3)c2cc1/C(C)=C/C(=O)Nc1ccc(C(C)=O)cc1. The maximum atomic E-state index is 13.4. The second-order valence-electron chi connectivity index (χ2n) is 7.88. The number of ketones is 1. The van der Waals surface area contributed by atoms with E-state index in [0.717, 1.165) is 22.1 Å². The summed E-state index contributed by atoms with van der Waals surface area (Å²) >= 11 is 0. The Morgan fingerprint density at radius 2 is 1.74 bits per heavy atom. The summed E-state index contributed by atoms with van der Waals surface area (Å²) in [6, 6.07) is 16.7. The minimum atomic E-state index is -0.309. The fraction of sp³-hybridized carbons (Fsp3) is 0.143. The number of carbonyl (C=O) groups is 2. The van der Waals surface area contributed by atoms with Gasteiger partial charge in [0.1, 0.15) is 17.1 Å². The molecular weight excluding hydrogens is 433 g/mol. The zero-order valence-corrected chi connectivity index (χ0v) is 19.1. The van der Waals surface area contributed by atoms with Crippen molar-refractivity contribution in [3.8, 4) is 16.9 Å². The first-order chi connectivity index (χ1) is 16.4. The average Bonchev–Trinajstić information content (AvgIpc) is 3.22. The molecule has 0 spiro atoms. The van der Waals surface area contributed by atoms with Crippen molar-refractivity contribution < 1.29 is 23.1 Å². The number of allylic oxidation sites excluding steroid dienone is 1. The first-order valence-corrected chi connectivity index (χ1v) is 10.9. The van der Waals surface area contributed by atoms with E-state index in [9.17, 15) is 14.0 Å². The second-order valence-corrected chi connectivity index (χ2v) is 7.88. The molecule has 0 saturated carbocycles. The minimum Gasteiger partial charge on any atom is -0.493 e. The Morgan fingerprint density at radius 3 is 2.38 bits per heavy atom. The lowest BCUT2D eigenvalue weighted by Gasteiger charge is -2.12. The number of halogens is 1. The van der Waals surface area contributed by atoms with E-state index in [4.69, 9.17) is 9.15 Å². The number of carbonyl (C=O) groups excluding carboxylic acids is 2. The smallest absolute Gasteiger partial charge is 0.248 e. The fourth-order valence-electron chi connectivity index (χ4n) is 3.73. The van der Waals surface area contributed by atoms with E-state index in [1.165, 1.54) is 25.1 Å². The molecule has 5 nitrogen and oxygen atoms in total. The minimum absolute atomic E-state index is 0.0354. The van der Waals surface area contributed by atoms with E-state index in [-0.39, 0.29) is 17.5 Å². The summed E-state index contributed by atoms with van der Waals surface area (Å²) in [5, 5.41) is 3.64. The first kappa shape index (κ1) is 23.0. The zero-order valence-electron chi connectivity index (χ0n) is 19.1. The number of hydrogen-bond acceptors (Lipinski definition) is 4. The Hall–Kier alpha value is -4.19. The van der Waals surface area contributed by atoms with E-state index in [2.05, 4.69) is 5.32 Å². The van der Waals surface area contributed by atoms with Crippen LogP contribution in [0.15, 0.2) is 77.4 Å². The molecule has 34 heavy (non-hydrogen) atoms. The summed E-state index contributed by atoms with van der Waals surface area (Å²) in [6.45, 7) is 5.66. The molecule has 0 aliphatic heterocycles. The number of rotatable bonds is 7. The predicted octanol–water partition coefficient (Wildman–Crippen LogP) is 6.88. The van der Waals surface area contributed by atoms with Crippen LogP contribution in [0.5, 0.6) is 5.75 Å². The maximum absolute atomic E-state index is 13.4. The van der Waals surface area contributed by atoms with Crippen LogP contribution in [-0.4, -0.2) is 18.3 Å². The van der Waals surface area contributed by atoms with Gasteiger partial charge in [0.25, 0.3) is 0 Å². The third-order valence-corrected chi connectivity index (χ3v) is 5.46. The number of hydrogen-bond donors (Lipinski definition) is 1. The van der Waals surface area contributed by atoms with Crippen LogP contribution in [0.3, 0.4) is 0 Å². The van der Waals surface area contributed by atoms with Gasteiger partial charge in [-0.1, -0.05) is 12.1 Å². The summed E-state index contributed by atoms with van der Waals surface area (Å²) in [7, 11) is 0. The third kappa shape index (κ3) is 4.91. The zero-order chi connectivity index (χ0) is 24.2. The van der Waals surface area contributed by atoms with Crippen molar-refractivity contribution in [2.24, 2.45) is 0 Å². The van der Waals surface area contributed by atoms with Gasteiger partial charge in [-0.15, -0.1) is 0 Å². The number of Topliss-reactive ketones (excluding diaryl/α,β-unsaturated/α-hetero) is 1. The van der Waals surface area contributed by atoms with Crippen LogP contribution < -0.4 is 10.1 Å². The summed E-state index contributed by atoms with van der Waals surface area (Å²) in [6.07, 6.45) is 3.13. The lowest BCUT2D eigenvalue weighted by molar-refractivity contribution is -0.111. The normalized spacial score (nSPS) is 11.5. The summed E-state index contributed by atoms with van der Waals surface area (Å²) in [5.41, 5.74) is 4.90. The largest absolute Gasteiger partial charge is 0.493 e. The van der Waals surface area contributed by atoms with Gasteiger partial charge in [0, 0.05) is 39.9 Å². The number of anilines is 1. The Bertz CT molecular complexity index is 1380. The summed E-state index contributed by atoms with van der Waals surface area (Å²) < 4.78 is 24.9. The van der Waals surface area contributed by atoms with Crippen LogP contribution in [0.1, 0.15) is 36.7 Å². The molecule has 1 N–H and O–H groups in total. The van der Waals surface area contributed by atoms with Gasteiger partial charge in [0.05, 0.1) is 12.9 Å². The Balaban J connectivity index is 1.67. The number of furan rings is 1. The quantitative estimate of drug-likeness (QED) is 0.243. The van der Waals surface area contributed by atoms with Gasteiger partial charge in [-0.05, 0) is 74.4 Å². The van der Waals surface area contributed by atoms with Crippen LogP contribution in [0.4, 0.5) is 10.1 Å². The highest BCUT2D eigenvalue weighted by atomic mass is 19.1. The molecule has 0 bridgehead atoms. The van der Waals surface area contributed by atoms with Crippen molar-refractivity contribution in [1.82, 2.24) is 0 Å². The van der Waals surface area contributed by atoms with Crippen LogP contribution in [0.2, 0.25) is 0 Å². The molecule has 0 fully saturated rings. The lowest BCUT2D eigenvalue weighted by Crippen LogP contribution is -2.09. The number of fused-ring (bicyclic) bond motifs is 1. The lowest BCUT2D eigenvalue weighted by atomic mass is 9.99. The highest BCUT2D eigenvalue weighted by Crippen LogP contribution is 2.37. The van der Waals surface area contributed by atoms with Gasteiger partial charge in [0.2, 0.25) is 5.91 Å². The monoisotopic (exact) mass is 457 g/mol. The van der Waals surface area contributed by atoms with Crippen molar-refractivity contribution in [3.05, 3.63) is 89.9 Å². The third-order valence-electron chi connectivity index (χ3n) is 5.46. The molecule has 0 unspecified atom stereocenters. The fourth-order valence-corrected chi connectivity index (χ4v) is 3.73. The Labute approximate surface area is 196 Å². The highest BCUT2D eigenvalue weighted by molar-refractivity contribution is 6.05. The molecule has 3 aromatic carbocycles. The molecule has 0 radical (unpaired) electrons. The van der Waals surface area contributed by atoms with E-state index in [0.29, 0.717) is 34.8 Å². The van der Waals surface area contributed by atoms with Crippen LogP contribution >= 0.6 is 0 Å². The van der Waals surface area contributed by atoms with Crippen molar-refractivity contribution >= 4 is 33.9 Å². The molecule has 1 amide bonds. The van der Waals surface area contributed by atoms with Gasteiger partial charge in [-0.25, -0.2) is 4.39 Å². The molecule has 172 valence electrons. The molecule has 0 aliphatic carbocycles. The molecular formula is C28H24FNO4. The van der Waals surface area contributed by atoms with Crippen molar-refractivity contribution in [1.29, 1.82) is 0 Å². The Kier molecular flexibility index (Phi) is 6.59. The first-order valence-electron chi connectivity index (χ1n) is 10.9. The molecule has 1 heterocycles. The standard InChI is InChI=1S/C28H24FNO4/c1-4-33-26-15-27-24(25(16-34-27)20-5-9-21(29)10-6-20)14-23(26)17(2)13-28(32)30-22-11-7-19(8-12-22)18(3)31/h5-16H,4H2,1-3H3,(H,30,32)/b17-13+. The predicted molar refractivity (Wildman–Crippen MR) is 132 cm³/mol. The van der Waals surface area contributed by atoms with Gasteiger partial charge in [-0.2, -0.15) is 0 Å².